The highest BCUT2D eigenvalue weighted by atomic mass is 79.9. The largest absolute Gasteiger partial charge is 0.378 e. The van der Waals surface area contributed by atoms with Crippen LogP contribution in [0.25, 0.3) is 0 Å². The highest BCUT2D eigenvalue weighted by molar-refractivity contribution is 9.10. The molecule has 66 valence electrons. The minimum absolute atomic E-state index is 0.817. The fourth-order valence-electron chi connectivity index (χ4n) is 1.15. The quantitative estimate of drug-likeness (QED) is 0.758. The van der Waals surface area contributed by atoms with E-state index in [0.717, 1.165) is 36.0 Å². The maximum absolute atomic E-state index is 5.25. The van der Waals surface area contributed by atoms with Crippen molar-refractivity contribution in [3.63, 3.8) is 0 Å². The summed E-state index contributed by atoms with van der Waals surface area (Å²) in [6.07, 6.45) is 0. The lowest BCUT2D eigenvalue weighted by Crippen LogP contribution is -2.36. The number of thiazole rings is 1. The van der Waals surface area contributed by atoms with Crippen LogP contribution in [0.2, 0.25) is 0 Å². The molecule has 1 fully saturated rings. The van der Waals surface area contributed by atoms with Gasteiger partial charge in [0.1, 0.15) is 4.60 Å². The Morgan fingerprint density at radius 3 is 2.83 bits per heavy atom. The van der Waals surface area contributed by atoms with E-state index in [2.05, 4.69) is 25.8 Å². The third-order valence-corrected chi connectivity index (χ3v) is 3.36. The summed E-state index contributed by atoms with van der Waals surface area (Å²) in [5, 5.41) is 3.09. The summed E-state index contributed by atoms with van der Waals surface area (Å²) < 4.78 is 6.18. The number of morpholine rings is 1. The zero-order chi connectivity index (χ0) is 8.39. The predicted octanol–water partition coefficient (Wildman–Crippen LogP) is 1.74. The third-order valence-electron chi connectivity index (χ3n) is 1.75. The van der Waals surface area contributed by atoms with Gasteiger partial charge in [-0.05, 0) is 15.9 Å². The molecule has 0 bridgehead atoms. The summed E-state index contributed by atoms with van der Waals surface area (Å²) in [7, 11) is 0. The minimum Gasteiger partial charge on any atom is -0.378 e. The molecule has 0 N–H and O–H groups in total. The molecule has 0 saturated carbocycles. The van der Waals surface area contributed by atoms with Crippen molar-refractivity contribution in [3.05, 3.63) is 9.98 Å². The van der Waals surface area contributed by atoms with Gasteiger partial charge in [-0.2, -0.15) is 0 Å². The Labute approximate surface area is 83.5 Å². The van der Waals surface area contributed by atoms with Crippen molar-refractivity contribution in [3.8, 4) is 0 Å². The van der Waals surface area contributed by atoms with Gasteiger partial charge in [-0.15, -0.1) is 11.3 Å². The first-order valence-corrected chi connectivity index (χ1v) is 5.47. The molecule has 1 aromatic heterocycles. The number of hydrogen-bond donors (Lipinski definition) is 0. The van der Waals surface area contributed by atoms with Gasteiger partial charge in [0, 0.05) is 18.5 Å². The van der Waals surface area contributed by atoms with Crippen LogP contribution in [0.5, 0.6) is 0 Å². The molecule has 1 aromatic rings. The summed E-state index contributed by atoms with van der Waals surface area (Å²) in [5.41, 5.74) is 0. The average molecular weight is 249 g/mol. The Hall–Kier alpha value is -0.130. The molecule has 0 amide bonds. The number of halogens is 1. The van der Waals surface area contributed by atoms with Crippen LogP contribution in [0, 0.1) is 0 Å². The van der Waals surface area contributed by atoms with Crippen molar-refractivity contribution in [1.29, 1.82) is 0 Å². The van der Waals surface area contributed by atoms with Crippen LogP contribution in [-0.4, -0.2) is 31.3 Å². The molecule has 1 aliphatic heterocycles. The number of ether oxygens (including phenoxy) is 1. The standard InChI is InChI=1S/C7H9BrN2OS/c8-6-5-12-7(9-6)10-1-3-11-4-2-10/h5H,1-4H2. The van der Waals surface area contributed by atoms with Crippen LogP contribution in [0.3, 0.4) is 0 Å². The fraction of sp³-hybridized carbons (Fsp3) is 0.571. The van der Waals surface area contributed by atoms with E-state index in [0.29, 0.717) is 0 Å². The molecule has 0 radical (unpaired) electrons. The Kier molecular flexibility index (Phi) is 2.63. The minimum atomic E-state index is 0.817. The number of hydrogen-bond acceptors (Lipinski definition) is 4. The first-order chi connectivity index (χ1) is 5.86. The molecule has 0 aliphatic carbocycles. The Bertz CT molecular complexity index is 260. The Morgan fingerprint density at radius 1 is 1.50 bits per heavy atom. The number of aromatic nitrogens is 1. The third kappa shape index (κ3) is 1.78. The van der Waals surface area contributed by atoms with Gasteiger partial charge in [0.2, 0.25) is 0 Å². The lowest BCUT2D eigenvalue weighted by atomic mass is 10.5. The van der Waals surface area contributed by atoms with Gasteiger partial charge in [-0.3, -0.25) is 0 Å². The summed E-state index contributed by atoms with van der Waals surface area (Å²) in [6, 6.07) is 0. The van der Waals surface area contributed by atoms with Crippen molar-refractivity contribution >= 4 is 32.4 Å². The van der Waals surface area contributed by atoms with Gasteiger partial charge >= 0.3 is 0 Å². The molecule has 5 heteroatoms. The van der Waals surface area contributed by atoms with Crippen molar-refractivity contribution in [2.75, 3.05) is 31.2 Å². The first kappa shape index (κ1) is 8.47. The van der Waals surface area contributed by atoms with E-state index in [1.807, 2.05) is 5.38 Å². The second kappa shape index (κ2) is 3.72. The monoisotopic (exact) mass is 248 g/mol. The second-order valence-electron chi connectivity index (χ2n) is 2.55. The smallest absolute Gasteiger partial charge is 0.186 e. The molecule has 0 unspecified atom stereocenters. The predicted molar refractivity (Wildman–Crippen MR) is 52.8 cm³/mol. The summed E-state index contributed by atoms with van der Waals surface area (Å²) in [6.45, 7) is 3.55. The van der Waals surface area contributed by atoms with Crippen LogP contribution in [0.1, 0.15) is 0 Å². The second-order valence-corrected chi connectivity index (χ2v) is 4.20. The summed E-state index contributed by atoms with van der Waals surface area (Å²) >= 11 is 5.01. The highest BCUT2D eigenvalue weighted by Gasteiger charge is 2.13. The summed E-state index contributed by atoms with van der Waals surface area (Å²) in [5.74, 6) is 0. The van der Waals surface area contributed by atoms with Crippen LogP contribution >= 0.6 is 27.3 Å². The first-order valence-electron chi connectivity index (χ1n) is 3.80. The van der Waals surface area contributed by atoms with Gasteiger partial charge in [-0.25, -0.2) is 4.98 Å². The zero-order valence-electron chi connectivity index (χ0n) is 6.49. The summed E-state index contributed by atoms with van der Waals surface area (Å²) in [4.78, 5) is 6.59. The van der Waals surface area contributed by atoms with Gasteiger partial charge in [0.25, 0.3) is 0 Å². The van der Waals surface area contributed by atoms with Gasteiger partial charge in [-0.1, -0.05) is 0 Å². The van der Waals surface area contributed by atoms with Crippen LogP contribution < -0.4 is 4.90 Å². The molecular formula is C7H9BrN2OS. The van der Waals surface area contributed by atoms with Gasteiger partial charge in [0.15, 0.2) is 5.13 Å². The van der Waals surface area contributed by atoms with E-state index < -0.39 is 0 Å². The normalized spacial score (nSPS) is 18.2. The maximum Gasteiger partial charge on any atom is 0.186 e. The molecule has 2 rings (SSSR count). The Morgan fingerprint density at radius 2 is 2.25 bits per heavy atom. The molecule has 12 heavy (non-hydrogen) atoms. The average Bonchev–Trinajstić information content (AvgIpc) is 2.54. The van der Waals surface area contributed by atoms with E-state index in [1.54, 1.807) is 11.3 Å². The molecule has 2 heterocycles. The van der Waals surface area contributed by atoms with Gasteiger partial charge < -0.3 is 9.64 Å². The van der Waals surface area contributed by atoms with E-state index in [4.69, 9.17) is 4.74 Å². The zero-order valence-corrected chi connectivity index (χ0v) is 8.90. The van der Waals surface area contributed by atoms with E-state index in [-0.39, 0.29) is 0 Å². The maximum atomic E-state index is 5.25. The fourth-order valence-corrected chi connectivity index (χ4v) is 2.45. The van der Waals surface area contributed by atoms with Crippen molar-refractivity contribution in [2.45, 2.75) is 0 Å². The number of rotatable bonds is 1. The van der Waals surface area contributed by atoms with Crippen LogP contribution in [0.15, 0.2) is 9.98 Å². The molecular weight excluding hydrogens is 240 g/mol. The van der Waals surface area contributed by atoms with E-state index in [9.17, 15) is 0 Å². The van der Waals surface area contributed by atoms with Crippen LogP contribution in [-0.2, 0) is 4.74 Å². The Balaban J connectivity index is 2.08. The number of anilines is 1. The van der Waals surface area contributed by atoms with Gasteiger partial charge in [0.05, 0.1) is 13.2 Å². The van der Waals surface area contributed by atoms with Crippen molar-refractivity contribution < 1.29 is 4.74 Å². The molecule has 1 aliphatic rings. The van der Waals surface area contributed by atoms with E-state index in [1.165, 1.54) is 0 Å². The number of nitrogens with zero attached hydrogens (tertiary/aromatic N) is 2. The van der Waals surface area contributed by atoms with Crippen molar-refractivity contribution in [1.82, 2.24) is 4.98 Å². The molecule has 3 nitrogen and oxygen atoms in total. The lowest BCUT2D eigenvalue weighted by molar-refractivity contribution is 0.122. The highest BCUT2D eigenvalue weighted by Crippen LogP contribution is 2.23. The molecule has 0 spiro atoms. The lowest BCUT2D eigenvalue weighted by Gasteiger charge is -2.25. The van der Waals surface area contributed by atoms with Crippen LogP contribution in [0.4, 0.5) is 5.13 Å². The SMILES string of the molecule is Brc1csc(N2CCOCC2)n1. The van der Waals surface area contributed by atoms with E-state index >= 15 is 0 Å². The molecule has 0 aromatic carbocycles. The topological polar surface area (TPSA) is 25.4 Å². The van der Waals surface area contributed by atoms with Crippen molar-refractivity contribution in [2.24, 2.45) is 0 Å². The molecule has 1 saturated heterocycles. The molecule has 0 atom stereocenters.